The quantitative estimate of drug-likeness (QED) is 0.561. The number of halogens is 2. The molecule has 1 aromatic heterocycles. The van der Waals surface area contributed by atoms with Gasteiger partial charge >= 0.3 is 5.97 Å². The maximum absolute atomic E-state index is 13.4. The number of esters is 1. The van der Waals surface area contributed by atoms with Crippen molar-refractivity contribution in [1.29, 1.82) is 0 Å². The summed E-state index contributed by atoms with van der Waals surface area (Å²) in [7, 11) is 1.30. The molecule has 1 aliphatic heterocycles. The Kier molecular flexibility index (Phi) is 5.64. The van der Waals surface area contributed by atoms with Crippen LogP contribution in [-0.2, 0) is 9.53 Å². The maximum Gasteiger partial charge on any atom is 0.338 e. The van der Waals surface area contributed by atoms with E-state index in [1.807, 2.05) is 24.3 Å². The molecular formula is C22H16Cl2N2O3S. The minimum absolute atomic E-state index is 0.280. The fraction of sp³-hybridized carbons (Fsp3) is 0.136. The van der Waals surface area contributed by atoms with Crippen molar-refractivity contribution in [1.82, 2.24) is 4.57 Å². The second-order valence-corrected chi connectivity index (χ2v) is 8.44. The fourth-order valence-corrected chi connectivity index (χ4v) is 4.88. The number of fused-ring (bicyclic) bond motifs is 1. The van der Waals surface area contributed by atoms with Crippen molar-refractivity contribution in [2.75, 3.05) is 7.11 Å². The van der Waals surface area contributed by atoms with Crippen LogP contribution in [0.5, 0.6) is 0 Å². The third-order valence-electron chi connectivity index (χ3n) is 4.82. The van der Waals surface area contributed by atoms with Gasteiger partial charge in [0.1, 0.15) is 6.04 Å². The number of carbonyl (C=O) groups is 1. The number of nitrogens with zero attached hydrogens (tertiary/aromatic N) is 2. The zero-order chi connectivity index (χ0) is 21.4. The number of allylic oxidation sites excluding steroid dienone is 1. The van der Waals surface area contributed by atoms with E-state index >= 15 is 0 Å². The Bertz CT molecular complexity index is 1370. The smallest absolute Gasteiger partial charge is 0.338 e. The van der Waals surface area contributed by atoms with Crippen LogP contribution in [0, 0.1) is 0 Å². The Morgan fingerprint density at radius 3 is 2.47 bits per heavy atom. The second kappa shape index (κ2) is 8.22. The SMILES string of the molecule is COC(=O)C1=C(C)N=c2sc(=Cc3ccccc3Cl)c(=O)n2C1c1ccccc1Cl. The molecule has 0 fully saturated rings. The van der Waals surface area contributed by atoms with Crippen LogP contribution >= 0.6 is 34.5 Å². The normalized spacial score (nSPS) is 16.3. The van der Waals surface area contributed by atoms with E-state index in [-0.39, 0.29) is 11.1 Å². The Balaban J connectivity index is 2.03. The zero-order valence-corrected chi connectivity index (χ0v) is 18.4. The van der Waals surface area contributed by atoms with Gasteiger partial charge in [-0.3, -0.25) is 9.36 Å². The Hall–Kier alpha value is -2.67. The van der Waals surface area contributed by atoms with E-state index in [4.69, 9.17) is 27.9 Å². The summed E-state index contributed by atoms with van der Waals surface area (Å²) in [5.41, 5.74) is 1.83. The number of aromatic nitrogens is 1. The minimum atomic E-state index is -0.740. The van der Waals surface area contributed by atoms with Gasteiger partial charge in [-0.05, 0) is 36.3 Å². The van der Waals surface area contributed by atoms with Gasteiger partial charge < -0.3 is 4.74 Å². The highest BCUT2D eigenvalue weighted by Crippen LogP contribution is 2.34. The molecule has 4 rings (SSSR count). The lowest BCUT2D eigenvalue weighted by Crippen LogP contribution is -2.39. The number of carbonyl (C=O) groups excluding carboxylic acids is 1. The first kappa shape index (κ1) is 20.6. The molecule has 1 unspecified atom stereocenters. The van der Waals surface area contributed by atoms with Crippen LogP contribution < -0.4 is 14.9 Å². The van der Waals surface area contributed by atoms with Gasteiger partial charge in [-0.25, -0.2) is 9.79 Å². The average molecular weight is 459 g/mol. The minimum Gasteiger partial charge on any atom is -0.466 e. The van der Waals surface area contributed by atoms with Crippen molar-refractivity contribution in [2.45, 2.75) is 13.0 Å². The number of methoxy groups -OCH3 is 1. The van der Waals surface area contributed by atoms with E-state index < -0.39 is 12.0 Å². The highest BCUT2D eigenvalue weighted by Gasteiger charge is 2.34. The van der Waals surface area contributed by atoms with Crippen molar-refractivity contribution >= 4 is 46.6 Å². The third kappa shape index (κ3) is 3.51. The summed E-state index contributed by atoms with van der Waals surface area (Å²) >= 11 is 13.9. The molecule has 0 amide bonds. The highest BCUT2D eigenvalue weighted by atomic mass is 35.5. The lowest BCUT2D eigenvalue weighted by molar-refractivity contribution is -0.136. The molecule has 0 radical (unpaired) electrons. The van der Waals surface area contributed by atoms with E-state index in [0.29, 0.717) is 30.6 Å². The molecule has 0 spiro atoms. The Morgan fingerprint density at radius 2 is 1.80 bits per heavy atom. The molecule has 30 heavy (non-hydrogen) atoms. The van der Waals surface area contributed by atoms with Gasteiger partial charge in [0.25, 0.3) is 5.56 Å². The summed E-state index contributed by atoms with van der Waals surface area (Å²) in [6, 6.07) is 13.6. The van der Waals surface area contributed by atoms with Crippen molar-refractivity contribution < 1.29 is 9.53 Å². The molecule has 152 valence electrons. The van der Waals surface area contributed by atoms with Gasteiger partial charge in [0.05, 0.1) is 22.9 Å². The summed E-state index contributed by atoms with van der Waals surface area (Å²) in [6.07, 6.45) is 1.73. The molecule has 2 aromatic carbocycles. The zero-order valence-electron chi connectivity index (χ0n) is 16.1. The van der Waals surface area contributed by atoms with Crippen molar-refractivity contribution in [3.05, 3.63) is 101 Å². The number of thiazole rings is 1. The summed E-state index contributed by atoms with van der Waals surface area (Å²) in [4.78, 5) is 31.0. The molecule has 8 heteroatoms. The number of ether oxygens (including phenoxy) is 1. The first-order chi connectivity index (χ1) is 14.4. The Labute approximate surface area is 186 Å². The number of hydrogen-bond acceptors (Lipinski definition) is 5. The summed E-state index contributed by atoms with van der Waals surface area (Å²) in [6.45, 7) is 1.72. The van der Waals surface area contributed by atoms with Gasteiger partial charge in [-0.15, -0.1) is 0 Å². The monoisotopic (exact) mass is 458 g/mol. The summed E-state index contributed by atoms with van der Waals surface area (Å²) in [5.74, 6) is -0.554. The molecular weight excluding hydrogens is 443 g/mol. The molecule has 0 aliphatic carbocycles. The van der Waals surface area contributed by atoms with Gasteiger partial charge in [0, 0.05) is 10.0 Å². The first-order valence-corrected chi connectivity index (χ1v) is 10.6. The predicted octanol–water partition coefficient (Wildman–Crippen LogP) is 3.72. The van der Waals surface area contributed by atoms with Crippen LogP contribution in [0.2, 0.25) is 10.0 Å². The molecule has 1 aliphatic rings. The van der Waals surface area contributed by atoms with E-state index in [9.17, 15) is 9.59 Å². The second-order valence-electron chi connectivity index (χ2n) is 6.62. The van der Waals surface area contributed by atoms with Gasteiger partial charge in [0.2, 0.25) is 0 Å². The first-order valence-electron chi connectivity index (χ1n) is 9.02. The molecule has 5 nitrogen and oxygen atoms in total. The topological polar surface area (TPSA) is 60.7 Å². The Morgan fingerprint density at radius 1 is 1.13 bits per heavy atom. The maximum atomic E-state index is 13.4. The van der Waals surface area contributed by atoms with Gasteiger partial charge in [0.15, 0.2) is 4.80 Å². The lowest BCUT2D eigenvalue weighted by Gasteiger charge is -2.25. The molecule has 0 N–H and O–H groups in total. The third-order valence-corrected chi connectivity index (χ3v) is 6.49. The largest absolute Gasteiger partial charge is 0.466 e. The lowest BCUT2D eigenvalue weighted by atomic mass is 9.96. The molecule has 0 saturated heterocycles. The van der Waals surface area contributed by atoms with Crippen molar-refractivity contribution in [3.63, 3.8) is 0 Å². The summed E-state index contributed by atoms with van der Waals surface area (Å²) < 4.78 is 6.94. The van der Waals surface area contributed by atoms with E-state index in [0.717, 1.165) is 5.56 Å². The number of hydrogen-bond donors (Lipinski definition) is 0. The van der Waals surface area contributed by atoms with Gasteiger partial charge in [-0.2, -0.15) is 0 Å². The molecule has 1 atom stereocenters. The van der Waals surface area contributed by atoms with Crippen LogP contribution in [0.3, 0.4) is 0 Å². The molecule has 2 heterocycles. The molecule has 0 bridgehead atoms. The van der Waals surface area contributed by atoms with Crippen LogP contribution in [0.1, 0.15) is 24.1 Å². The van der Waals surface area contributed by atoms with Crippen LogP contribution in [0.15, 0.2) is 69.6 Å². The highest BCUT2D eigenvalue weighted by molar-refractivity contribution is 7.07. The summed E-state index contributed by atoms with van der Waals surface area (Å²) in [5, 5.41) is 0.983. The van der Waals surface area contributed by atoms with Gasteiger partial charge in [-0.1, -0.05) is 70.9 Å². The standard InChI is InChI=1S/C22H16Cl2N2O3S/c1-12-18(21(28)29-2)19(14-8-4-6-10-16(14)24)26-20(27)17(30-22(26)25-12)11-13-7-3-5-9-15(13)23/h3-11,19H,1-2H3. The van der Waals surface area contributed by atoms with E-state index in [1.54, 1.807) is 37.3 Å². The van der Waals surface area contributed by atoms with Crippen LogP contribution in [-0.4, -0.2) is 17.6 Å². The number of benzene rings is 2. The molecule has 0 saturated carbocycles. The van der Waals surface area contributed by atoms with Crippen LogP contribution in [0.4, 0.5) is 0 Å². The number of rotatable bonds is 3. The van der Waals surface area contributed by atoms with E-state index in [2.05, 4.69) is 4.99 Å². The fourth-order valence-electron chi connectivity index (χ4n) is 3.42. The van der Waals surface area contributed by atoms with E-state index in [1.165, 1.54) is 23.0 Å². The average Bonchev–Trinajstić information content (AvgIpc) is 3.03. The van der Waals surface area contributed by atoms with Crippen molar-refractivity contribution in [2.24, 2.45) is 4.99 Å². The van der Waals surface area contributed by atoms with Crippen molar-refractivity contribution in [3.8, 4) is 0 Å². The predicted molar refractivity (Wildman–Crippen MR) is 119 cm³/mol. The molecule has 3 aromatic rings. The van der Waals surface area contributed by atoms with Crippen LogP contribution in [0.25, 0.3) is 6.08 Å².